The first-order valence-electron chi connectivity index (χ1n) is 7.96. The summed E-state index contributed by atoms with van der Waals surface area (Å²) >= 11 is 0. The van der Waals surface area contributed by atoms with Crippen molar-refractivity contribution in [1.82, 2.24) is 15.1 Å². The maximum absolute atomic E-state index is 12.0. The first-order valence-corrected chi connectivity index (χ1v) is 7.96. The zero-order valence-electron chi connectivity index (χ0n) is 13.6. The molecule has 22 heavy (non-hydrogen) atoms. The Balaban J connectivity index is 1.73. The molecular weight excluding hydrogens is 282 g/mol. The van der Waals surface area contributed by atoms with Gasteiger partial charge in [-0.25, -0.2) is 0 Å². The van der Waals surface area contributed by atoms with Crippen molar-refractivity contribution in [1.29, 1.82) is 0 Å². The molecule has 0 aromatic carbocycles. The Hall–Kier alpha value is -1.85. The van der Waals surface area contributed by atoms with Crippen LogP contribution in [0.15, 0.2) is 6.07 Å². The molecule has 6 heteroatoms. The van der Waals surface area contributed by atoms with Crippen molar-refractivity contribution in [2.45, 2.75) is 71.6 Å². The molecule has 1 fully saturated rings. The summed E-state index contributed by atoms with van der Waals surface area (Å²) in [7, 11) is 0. The minimum absolute atomic E-state index is 0.202. The highest BCUT2D eigenvalue weighted by atomic mass is 16.5. The second-order valence-electron chi connectivity index (χ2n) is 6.02. The van der Waals surface area contributed by atoms with Crippen molar-refractivity contribution in [3.8, 4) is 0 Å². The highest BCUT2D eigenvalue weighted by Crippen LogP contribution is 2.17. The van der Waals surface area contributed by atoms with Crippen LogP contribution in [0.2, 0.25) is 0 Å². The standard InChI is InChI=1S/C16H25N3O3/c1-11-10-12(2)19(18-11)9-8-15(20)22-13(3)16(21)17-14-6-4-5-7-14/h10,13-14H,4-9H2,1-3H3,(H,17,21). The number of carbonyl (C=O) groups excluding carboxylic acids is 2. The normalized spacial score (nSPS) is 16.5. The van der Waals surface area contributed by atoms with Crippen LogP contribution in [-0.4, -0.2) is 33.8 Å². The molecule has 0 bridgehead atoms. The summed E-state index contributed by atoms with van der Waals surface area (Å²) in [6, 6.07) is 2.20. The van der Waals surface area contributed by atoms with Crippen molar-refractivity contribution in [3.05, 3.63) is 17.5 Å². The number of aryl methyl sites for hydroxylation is 3. The zero-order chi connectivity index (χ0) is 16.1. The van der Waals surface area contributed by atoms with Crippen LogP contribution in [0.4, 0.5) is 0 Å². The smallest absolute Gasteiger partial charge is 0.308 e. The molecule has 1 heterocycles. The molecule has 2 rings (SSSR count). The van der Waals surface area contributed by atoms with E-state index in [9.17, 15) is 9.59 Å². The van der Waals surface area contributed by atoms with E-state index in [4.69, 9.17) is 4.74 Å². The highest BCUT2D eigenvalue weighted by Gasteiger charge is 2.23. The second-order valence-corrected chi connectivity index (χ2v) is 6.02. The molecule has 122 valence electrons. The zero-order valence-corrected chi connectivity index (χ0v) is 13.6. The largest absolute Gasteiger partial charge is 0.452 e. The number of hydrogen-bond donors (Lipinski definition) is 1. The molecule has 1 atom stereocenters. The molecule has 1 amide bonds. The fourth-order valence-electron chi connectivity index (χ4n) is 2.80. The number of nitrogens with one attached hydrogen (secondary N) is 1. The van der Waals surface area contributed by atoms with Crippen LogP contribution in [0.25, 0.3) is 0 Å². The lowest BCUT2D eigenvalue weighted by Crippen LogP contribution is -2.40. The summed E-state index contributed by atoms with van der Waals surface area (Å²) in [5, 5.41) is 7.23. The molecule has 1 saturated carbocycles. The topological polar surface area (TPSA) is 73.2 Å². The van der Waals surface area contributed by atoms with E-state index >= 15 is 0 Å². The van der Waals surface area contributed by atoms with Crippen molar-refractivity contribution >= 4 is 11.9 Å². The van der Waals surface area contributed by atoms with E-state index in [1.54, 1.807) is 11.6 Å². The van der Waals surface area contributed by atoms with Gasteiger partial charge in [-0.3, -0.25) is 14.3 Å². The first-order chi connectivity index (χ1) is 10.5. The Morgan fingerprint density at radius 3 is 2.68 bits per heavy atom. The summed E-state index contributed by atoms with van der Waals surface area (Å²) in [5.74, 6) is -0.576. The van der Waals surface area contributed by atoms with Gasteiger partial charge in [-0.05, 0) is 39.7 Å². The van der Waals surface area contributed by atoms with Crippen LogP contribution in [0.5, 0.6) is 0 Å². The maximum Gasteiger partial charge on any atom is 0.308 e. The molecule has 1 aromatic rings. The Morgan fingerprint density at radius 1 is 1.41 bits per heavy atom. The van der Waals surface area contributed by atoms with Gasteiger partial charge in [0.25, 0.3) is 5.91 Å². The van der Waals surface area contributed by atoms with E-state index in [-0.39, 0.29) is 24.3 Å². The van der Waals surface area contributed by atoms with Crippen molar-refractivity contribution in [2.24, 2.45) is 0 Å². The van der Waals surface area contributed by atoms with Gasteiger partial charge >= 0.3 is 5.97 Å². The third-order valence-corrected chi connectivity index (χ3v) is 4.01. The van der Waals surface area contributed by atoms with E-state index in [1.165, 1.54) is 0 Å². The van der Waals surface area contributed by atoms with Gasteiger partial charge in [-0.2, -0.15) is 5.10 Å². The van der Waals surface area contributed by atoms with Crippen LogP contribution in [0.3, 0.4) is 0 Å². The predicted octanol–water partition coefficient (Wildman–Crippen LogP) is 1.88. The van der Waals surface area contributed by atoms with Gasteiger partial charge in [-0.15, -0.1) is 0 Å². The van der Waals surface area contributed by atoms with Gasteiger partial charge in [0.05, 0.1) is 18.7 Å². The van der Waals surface area contributed by atoms with Crippen LogP contribution in [0.1, 0.15) is 50.4 Å². The number of esters is 1. The Bertz CT molecular complexity index is 533. The summed E-state index contributed by atoms with van der Waals surface area (Å²) in [5.41, 5.74) is 1.94. The predicted molar refractivity (Wildman–Crippen MR) is 82.3 cm³/mol. The van der Waals surface area contributed by atoms with Crippen LogP contribution >= 0.6 is 0 Å². The fraction of sp³-hybridized carbons (Fsp3) is 0.688. The number of rotatable bonds is 6. The van der Waals surface area contributed by atoms with Gasteiger partial charge in [0.1, 0.15) is 0 Å². The summed E-state index contributed by atoms with van der Waals surface area (Å²) in [6.45, 7) is 5.95. The average molecular weight is 307 g/mol. The van der Waals surface area contributed by atoms with Crippen LogP contribution < -0.4 is 5.32 Å². The molecular formula is C16H25N3O3. The van der Waals surface area contributed by atoms with E-state index in [0.717, 1.165) is 37.1 Å². The number of aromatic nitrogens is 2. The minimum atomic E-state index is -0.742. The molecule has 1 aliphatic carbocycles. The number of carbonyl (C=O) groups is 2. The lowest BCUT2D eigenvalue weighted by molar-refractivity contribution is -0.155. The second kappa shape index (κ2) is 7.42. The van der Waals surface area contributed by atoms with Crippen molar-refractivity contribution in [3.63, 3.8) is 0 Å². The van der Waals surface area contributed by atoms with Crippen LogP contribution in [-0.2, 0) is 20.9 Å². The van der Waals surface area contributed by atoms with Gasteiger partial charge in [0, 0.05) is 11.7 Å². The SMILES string of the molecule is Cc1cc(C)n(CCC(=O)OC(C)C(=O)NC2CCCC2)n1. The van der Waals surface area contributed by atoms with E-state index in [1.807, 2.05) is 19.9 Å². The maximum atomic E-state index is 12.0. The monoisotopic (exact) mass is 307 g/mol. The van der Waals surface area contributed by atoms with Gasteiger partial charge in [-0.1, -0.05) is 12.8 Å². The number of amides is 1. The molecule has 1 unspecified atom stereocenters. The summed E-state index contributed by atoms with van der Waals surface area (Å²) in [6.07, 6.45) is 3.81. The number of hydrogen-bond acceptors (Lipinski definition) is 4. The lowest BCUT2D eigenvalue weighted by atomic mass is 10.2. The molecule has 0 aliphatic heterocycles. The molecule has 0 spiro atoms. The van der Waals surface area contributed by atoms with E-state index in [0.29, 0.717) is 6.54 Å². The summed E-state index contributed by atoms with van der Waals surface area (Å²) < 4.78 is 6.98. The number of nitrogens with zero attached hydrogens (tertiary/aromatic N) is 2. The molecule has 0 radical (unpaired) electrons. The van der Waals surface area contributed by atoms with E-state index < -0.39 is 6.10 Å². The Morgan fingerprint density at radius 2 is 2.09 bits per heavy atom. The quantitative estimate of drug-likeness (QED) is 0.814. The number of ether oxygens (including phenoxy) is 1. The van der Waals surface area contributed by atoms with Gasteiger partial charge in [0.2, 0.25) is 0 Å². The molecule has 1 N–H and O–H groups in total. The highest BCUT2D eigenvalue weighted by molar-refractivity contribution is 5.83. The van der Waals surface area contributed by atoms with Crippen LogP contribution in [0, 0.1) is 13.8 Å². The first kappa shape index (κ1) is 16.5. The average Bonchev–Trinajstić information content (AvgIpc) is 3.06. The third kappa shape index (κ3) is 4.58. The molecule has 6 nitrogen and oxygen atoms in total. The van der Waals surface area contributed by atoms with Crippen molar-refractivity contribution in [2.75, 3.05) is 0 Å². The minimum Gasteiger partial charge on any atom is -0.452 e. The molecule has 1 aromatic heterocycles. The van der Waals surface area contributed by atoms with E-state index in [2.05, 4.69) is 10.4 Å². The Labute approximate surface area is 131 Å². The van der Waals surface area contributed by atoms with Gasteiger partial charge < -0.3 is 10.1 Å². The molecule has 1 aliphatic rings. The summed E-state index contributed by atoms with van der Waals surface area (Å²) in [4.78, 5) is 23.8. The lowest BCUT2D eigenvalue weighted by Gasteiger charge is -2.17. The molecule has 0 saturated heterocycles. The van der Waals surface area contributed by atoms with Crippen molar-refractivity contribution < 1.29 is 14.3 Å². The fourth-order valence-corrected chi connectivity index (χ4v) is 2.80. The van der Waals surface area contributed by atoms with Gasteiger partial charge in [0.15, 0.2) is 6.10 Å². The third-order valence-electron chi connectivity index (χ3n) is 4.01. The Kier molecular flexibility index (Phi) is 5.57.